The molecule has 0 radical (unpaired) electrons. The van der Waals surface area contributed by atoms with E-state index in [1.54, 1.807) is 22.6 Å². The van der Waals surface area contributed by atoms with Crippen molar-refractivity contribution in [3.8, 4) is 0 Å². The van der Waals surface area contributed by atoms with Crippen LogP contribution in [0.2, 0.25) is 0 Å². The van der Waals surface area contributed by atoms with E-state index >= 15 is 0 Å². The maximum atomic E-state index is 11.7. The lowest BCUT2D eigenvalue weighted by atomic mass is 10.1. The fourth-order valence-corrected chi connectivity index (χ4v) is 4.40. The normalized spacial score (nSPS) is 14.8. The van der Waals surface area contributed by atoms with Gasteiger partial charge in [0.05, 0.1) is 5.88 Å². The lowest BCUT2D eigenvalue weighted by Gasteiger charge is -2.19. The average Bonchev–Trinajstić information content (AvgIpc) is 2.95. The molecule has 1 N–H and O–H groups in total. The number of nitrogens with one attached hydrogen (secondary N) is 1. The molecule has 0 aromatic carbocycles. The van der Waals surface area contributed by atoms with Crippen molar-refractivity contribution in [2.45, 2.75) is 24.3 Å². The zero-order valence-corrected chi connectivity index (χ0v) is 17.1. The molecule has 1 aliphatic heterocycles. The van der Waals surface area contributed by atoms with E-state index in [1.807, 2.05) is 31.4 Å². The van der Waals surface area contributed by atoms with Gasteiger partial charge in [-0.05, 0) is 29.2 Å². The number of aromatic nitrogens is 1. The molecule has 0 spiro atoms. The van der Waals surface area contributed by atoms with Gasteiger partial charge in [0, 0.05) is 42.5 Å². The minimum atomic E-state index is -0.275. The quantitative estimate of drug-likeness (QED) is 0.274. The van der Waals surface area contributed by atoms with Crippen LogP contribution in [0.4, 0.5) is 0 Å². The van der Waals surface area contributed by atoms with Gasteiger partial charge in [-0.1, -0.05) is 23.8 Å². The lowest BCUT2D eigenvalue weighted by molar-refractivity contribution is -0.137. The van der Waals surface area contributed by atoms with Crippen molar-refractivity contribution in [3.63, 3.8) is 0 Å². The lowest BCUT2D eigenvalue weighted by Crippen LogP contribution is -2.33. The third kappa shape index (κ3) is 6.37. The Balaban J connectivity index is 1.80. The number of carbonyl (C=O) groups excluding carboxylic acids is 3. The Bertz CT molecular complexity index is 679. The summed E-state index contributed by atoms with van der Waals surface area (Å²) in [6, 6.07) is 5.72. The summed E-state index contributed by atoms with van der Waals surface area (Å²) in [5.74, 6) is 0.789. The molecule has 1 aromatic heterocycles. The van der Waals surface area contributed by atoms with Gasteiger partial charge in [-0.25, -0.2) is 4.98 Å². The van der Waals surface area contributed by atoms with Crippen LogP contribution < -0.4 is 5.32 Å². The van der Waals surface area contributed by atoms with Gasteiger partial charge in [-0.2, -0.15) is 0 Å². The highest BCUT2D eigenvalue weighted by Gasteiger charge is 2.25. The van der Waals surface area contributed by atoms with Crippen LogP contribution >= 0.6 is 33.3 Å². The Kier molecular flexibility index (Phi) is 8.53. The molecule has 1 unspecified atom stereocenters. The Morgan fingerprint density at radius 1 is 1.27 bits per heavy atom. The monoisotopic (exact) mass is 411 g/mol. The maximum Gasteiger partial charge on any atom is 0.253 e. The SMILES string of the molecule is CSCNC(=O)CCSSc1cccc(C(C)CN2C(=O)C=CC2=O)n1. The molecule has 0 saturated heterocycles. The van der Waals surface area contributed by atoms with Gasteiger partial charge < -0.3 is 5.32 Å². The van der Waals surface area contributed by atoms with E-state index in [2.05, 4.69) is 10.3 Å². The summed E-state index contributed by atoms with van der Waals surface area (Å²) >= 11 is 1.58. The summed E-state index contributed by atoms with van der Waals surface area (Å²) in [5.41, 5.74) is 0.834. The second-order valence-electron chi connectivity index (χ2n) is 5.61. The topological polar surface area (TPSA) is 79.4 Å². The van der Waals surface area contributed by atoms with E-state index < -0.39 is 0 Å². The number of imide groups is 1. The second-order valence-corrected chi connectivity index (χ2v) is 8.91. The third-order valence-corrected chi connectivity index (χ3v) is 6.26. The highest BCUT2D eigenvalue weighted by Crippen LogP contribution is 2.31. The van der Waals surface area contributed by atoms with Crippen LogP contribution in [0.3, 0.4) is 0 Å². The molecule has 9 heteroatoms. The van der Waals surface area contributed by atoms with Crippen molar-refractivity contribution < 1.29 is 14.4 Å². The number of thioether (sulfide) groups is 1. The van der Waals surface area contributed by atoms with Crippen molar-refractivity contribution >= 4 is 51.1 Å². The van der Waals surface area contributed by atoms with Crippen molar-refractivity contribution in [3.05, 3.63) is 36.0 Å². The summed E-state index contributed by atoms with van der Waals surface area (Å²) in [5, 5.41) is 3.67. The van der Waals surface area contributed by atoms with Gasteiger partial charge in [0.1, 0.15) is 5.03 Å². The average molecular weight is 412 g/mol. The first-order valence-electron chi connectivity index (χ1n) is 8.07. The maximum absolute atomic E-state index is 11.7. The number of nitrogens with zero attached hydrogens (tertiary/aromatic N) is 2. The van der Waals surface area contributed by atoms with E-state index in [0.717, 1.165) is 10.7 Å². The first-order chi connectivity index (χ1) is 12.5. The first-order valence-corrected chi connectivity index (χ1v) is 11.8. The molecule has 1 atom stereocenters. The van der Waals surface area contributed by atoms with Crippen molar-refractivity contribution in [1.29, 1.82) is 0 Å². The summed E-state index contributed by atoms with van der Waals surface area (Å²) in [6.07, 6.45) is 5.00. The Hall–Kier alpha value is -1.45. The number of rotatable bonds is 10. The first kappa shape index (κ1) is 20.9. The number of hydrogen-bond donors (Lipinski definition) is 1. The van der Waals surface area contributed by atoms with Gasteiger partial charge in [0.15, 0.2) is 0 Å². The molecule has 2 rings (SSSR count). The van der Waals surface area contributed by atoms with Gasteiger partial charge in [-0.3, -0.25) is 19.3 Å². The van der Waals surface area contributed by atoms with E-state index in [1.165, 1.54) is 27.8 Å². The van der Waals surface area contributed by atoms with Crippen LogP contribution in [0.5, 0.6) is 0 Å². The summed E-state index contributed by atoms with van der Waals surface area (Å²) < 4.78 is 0. The minimum Gasteiger partial charge on any atom is -0.347 e. The van der Waals surface area contributed by atoms with Gasteiger partial charge in [-0.15, -0.1) is 11.8 Å². The molecule has 6 nitrogen and oxygen atoms in total. The van der Waals surface area contributed by atoms with Crippen LogP contribution in [0, 0.1) is 0 Å². The molecule has 3 amide bonds. The Labute approximate surface area is 165 Å². The smallest absolute Gasteiger partial charge is 0.253 e. The molecule has 1 aliphatic rings. The largest absolute Gasteiger partial charge is 0.347 e. The fourth-order valence-electron chi connectivity index (χ4n) is 2.21. The standard InChI is InChI=1S/C17H21N3O3S3/c1-12(10-20-16(22)6-7-17(20)23)13-4-3-5-15(19-13)26-25-9-8-14(21)18-11-24-2/h3-7,12H,8-11H2,1-2H3,(H,18,21). The number of pyridine rings is 1. The molecule has 2 heterocycles. The minimum absolute atomic E-state index is 0.0503. The predicted octanol–water partition coefficient (Wildman–Crippen LogP) is 2.68. The van der Waals surface area contributed by atoms with Crippen LogP contribution in [0.15, 0.2) is 35.4 Å². The molecule has 0 fully saturated rings. The number of hydrogen-bond acceptors (Lipinski definition) is 7. The number of carbonyl (C=O) groups is 3. The van der Waals surface area contributed by atoms with Crippen molar-refractivity contribution in [2.24, 2.45) is 0 Å². The molecule has 26 heavy (non-hydrogen) atoms. The van der Waals surface area contributed by atoms with Crippen molar-refractivity contribution in [2.75, 3.05) is 24.4 Å². The highest BCUT2D eigenvalue weighted by molar-refractivity contribution is 8.76. The summed E-state index contributed by atoms with van der Waals surface area (Å²) in [6.45, 7) is 2.26. The van der Waals surface area contributed by atoms with Gasteiger partial charge in [0.25, 0.3) is 11.8 Å². The molecule has 140 valence electrons. The van der Waals surface area contributed by atoms with E-state index in [9.17, 15) is 14.4 Å². The van der Waals surface area contributed by atoms with Crippen molar-refractivity contribution in [1.82, 2.24) is 15.2 Å². The van der Waals surface area contributed by atoms with E-state index in [4.69, 9.17) is 0 Å². The van der Waals surface area contributed by atoms with Crippen LogP contribution in [0.1, 0.15) is 25.0 Å². The highest BCUT2D eigenvalue weighted by atomic mass is 33.1. The Morgan fingerprint density at radius 3 is 2.69 bits per heavy atom. The molecular formula is C17H21N3O3S3. The summed E-state index contributed by atoms with van der Waals surface area (Å²) in [7, 11) is 3.10. The fraction of sp³-hybridized carbons (Fsp3) is 0.412. The van der Waals surface area contributed by atoms with Crippen LogP contribution in [-0.2, 0) is 14.4 Å². The molecule has 0 aliphatic carbocycles. The molecule has 0 saturated carbocycles. The van der Waals surface area contributed by atoms with E-state index in [0.29, 0.717) is 24.6 Å². The molecular weight excluding hydrogens is 390 g/mol. The second kappa shape index (κ2) is 10.6. The summed E-state index contributed by atoms with van der Waals surface area (Å²) in [4.78, 5) is 40.7. The van der Waals surface area contributed by atoms with E-state index in [-0.39, 0.29) is 23.6 Å². The molecule has 1 aromatic rings. The zero-order valence-electron chi connectivity index (χ0n) is 14.6. The van der Waals surface area contributed by atoms with Crippen LogP contribution in [-0.4, -0.2) is 52.0 Å². The van der Waals surface area contributed by atoms with Gasteiger partial charge >= 0.3 is 0 Å². The number of amides is 3. The Morgan fingerprint density at radius 2 is 2.00 bits per heavy atom. The predicted molar refractivity (Wildman–Crippen MR) is 108 cm³/mol. The third-order valence-electron chi connectivity index (χ3n) is 3.58. The zero-order chi connectivity index (χ0) is 18.9. The van der Waals surface area contributed by atoms with Gasteiger partial charge in [0.2, 0.25) is 5.91 Å². The molecule has 0 bridgehead atoms. The van der Waals surface area contributed by atoms with Crippen LogP contribution in [0.25, 0.3) is 0 Å².